The molecule has 0 aromatic carbocycles. The summed E-state index contributed by atoms with van der Waals surface area (Å²) < 4.78 is 37.6. The number of aromatic nitrogens is 1. The van der Waals surface area contributed by atoms with Crippen LogP contribution in [0.1, 0.15) is 48.2 Å². The van der Waals surface area contributed by atoms with Crippen molar-refractivity contribution in [1.29, 1.82) is 0 Å². The molecule has 114 valence electrons. The van der Waals surface area contributed by atoms with Gasteiger partial charge < -0.3 is 0 Å². The molecule has 2 bridgehead atoms. The van der Waals surface area contributed by atoms with Gasteiger partial charge in [0.1, 0.15) is 10.8 Å². The average molecular weight is 318 g/mol. The number of carbonyl (C=O) groups is 1. The molecule has 0 radical (unpaired) electrons. The van der Waals surface area contributed by atoms with E-state index in [1.165, 1.54) is 19.3 Å². The van der Waals surface area contributed by atoms with E-state index in [4.69, 9.17) is 11.6 Å². The summed E-state index contributed by atoms with van der Waals surface area (Å²) in [7, 11) is 0. The minimum Gasteiger partial charge on any atom is -0.294 e. The topological polar surface area (TPSA) is 30.0 Å². The van der Waals surface area contributed by atoms with Gasteiger partial charge in [0.25, 0.3) is 0 Å². The number of fused-ring (bicyclic) bond motifs is 2. The number of hydrogen-bond donors (Lipinski definition) is 0. The standard InChI is InChI=1S/C15H15ClF3NO/c16-14-11(3-4-13(20-14)15(17,18)19)12(21)7-10-6-8-1-2-9(10)5-8/h3-4,8-10H,1-2,5-7H2. The summed E-state index contributed by atoms with van der Waals surface area (Å²) in [6.45, 7) is 0. The number of hydrogen-bond acceptors (Lipinski definition) is 2. The zero-order valence-corrected chi connectivity index (χ0v) is 12.0. The third kappa shape index (κ3) is 2.93. The van der Waals surface area contributed by atoms with Crippen LogP contribution in [-0.2, 0) is 6.18 Å². The maximum Gasteiger partial charge on any atom is 0.433 e. The fraction of sp³-hybridized carbons (Fsp3) is 0.600. The highest BCUT2D eigenvalue weighted by molar-refractivity contribution is 6.32. The van der Waals surface area contributed by atoms with Crippen molar-refractivity contribution < 1.29 is 18.0 Å². The van der Waals surface area contributed by atoms with Crippen LogP contribution in [0.15, 0.2) is 12.1 Å². The molecule has 2 aliphatic carbocycles. The molecule has 3 unspecified atom stereocenters. The van der Waals surface area contributed by atoms with Crippen LogP contribution in [0.5, 0.6) is 0 Å². The zero-order chi connectivity index (χ0) is 15.2. The van der Waals surface area contributed by atoms with Gasteiger partial charge >= 0.3 is 6.18 Å². The SMILES string of the molecule is O=C(CC1CC2CCC1C2)c1ccc(C(F)(F)F)nc1Cl. The molecule has 21 heavy (non-hydrogen) atoms. The lowest BCUT2D eigenvalue weighted by atomic mass is 9.84. The molecule has 3 atom stereocenters. The van der Waals surface area contributed by atoms with Crippen LogP contribution in [0.4, 0.5) is 13.2 Å². The predicted octanol–water partition coefficient (Wildman–Crippen LogP) is 4.76. The number of halogens is 4. The number of rotatable bonds is 3. The number of alkyl halides is 3. The first-order valence-corrected chi connectivity index (χ1v) is 7.49. The monoisotopic (exact) mass is 317 g/mol. The summed E-state index contributed by atoms with van der Waals surface area (Å²) in [6.07, 6.45) is 0.488. The lowest BCUT2D eigenvalue weighted by molar-refractivity contribution is -0.141. The van der Waals surface area contributed by atoms with Crippen molar-refractivity contribution in [2.24, 2.45) is 17.8 Å². The second-order valence-corrected chi connectivity index (χ2v) is 6.45. The lowest BCUT2D eigenvalue weighted by Gasteiger charge is -2.20. The molecule has 1 heterocycles. The summed E-state index contributed by atoms with van der Waals surface area (Å²) in [6, 6.07) is 1.97. The number of carbonyl (C=O) groups excluding carboxylic acids is 1. The molecule has 1 aromatic heterocycles. The first kappa shape index (κ1) is 14.8. The van der Waals surface area contributed by atoms with Gasteiger partial charge in [-0.3, -0.25) is 4.79 Å². The van der Waals surface area contributed by atoms with E-state index in [2.05, 4.69) is 4.98 Å². The van der Waals surface area contributed by atoms with Crippen LogP contribution >= 0.6 is 11.6 Å². The minimum atomic E-state index is -4.55. The van der Waals surface area contributed by atoms with Gasteiger partial charge in [0.15, 0.2) is 5.78 Å². The Morgan fingerprint density at radius 2 is 2.05 bits per heavy atom. The predicted molar refractivity (Wildman–Crippen MR) is 72.1 cm³/mol. The highest BCUT2D eigenvalue weighted by Gasteiger charge is 2.40. The fourth-order valence-corrected chi connectivity index (χ4v) is 4.03. The Hall–Kier alpha value is -1.10. The fourth-order valence-electron chi connectivity index (χ4n) is 3.77. The minimum absolute atomic E-state index is 0.104. The van der Waals surface area contributed by atoms with E-state index in [1.807, 2.05) is 0 Å². The maximum absolute atomic E-state index is 12.5. The van der Waals surface area contributed by atoms with Gasteiger partial charge in [0.05, 0.1) is 5.56 Å². The van der Waals surface area contributed by atoms with Gasteiger partial charge in [-0.05, 0) is 49.1 Å². The van der Waals surface area contributed by atoms with E-state index < -0.39 is 11.9 Å². The van der Waals surface area contributed by atoms with Crippen LogP contribution in [0.2, 0.25) is 5.15 Å². The van der Waals surface area contributed by atoms with Gasteiger partial charge in [0, 0.05) is 6.42 Å². The van der Waals surface area contributed by atoms with E-state index in [0.717, 1.165) is 24.5 Å². The van der Waals surface area contributed by atoms with E-state index in [1.54, 1.807) is 0 Å². The van der Waals surface area contributed by atoms with E-state index in [9.17, 15) is 18.0 Å². The van der Waals surface area contributed by atoms with Crippen LogP contribution in [0.3, 0.4) is 0 Å². The molecule has 2 nitrogen and oxygen atoms in total. The van der Waals surface area contributed by atoms with Crippen molar-refractivity contribution in [1.82, 2.24) is 4.98 Å². The second kappa shape index (κ2) is 5.27. The van der Waals surface area contributed by atoms with Crippen molar-refractivity contribution in [3.63, 3.8) is 0 Å². The molecule has 1 aromatic rings. The van der Waals surface area contributed by atoms with Crippen molar-refractivity contribution in [2.75, 3.05) is 0 Å². The molecule has 0 N–H and O–H groups in total. The molecule has 3 rings (SSSR count). The Kier molecular flexibility index (Phi) is 3.72. The maximum atomic E-state index is 12.5. The Morgan fingerprint density at radius 1 is 1.29 bits per heavy atom. The Labute approximate surface area is 125 Å². The van der Waals surface area contributed by atoms with Gasteiger partial charge in [-0.1, -0.05) is 18.0 Å². The van der Waals surface area contributed by atoms with Crippen molar-refractivity contribution in [3.05, 3.63) is 28.5 Å². The Balaban J connectivity index is 1.73. The highest BCUT2D eigenvalue weighted by Crippen LogP contribution is 2.49. The Bertz CT molecular complexity index is 573. The normalized spacial score (nSPS) is 28.1. The van der Waals surface area contributed by atoms with Crippen LogP contribution < -0.4 is 0 Å². The zero-order valence-electron chi connectivity index (χ0n) is 11.3. The van der Waals surface area contributed by atoms with Gasteiger partial charge in [0.2, 0.25) is 0 Å². The molecular formula is C15H15ClF3NO. The highest BCUT2D eigenvalue weighted by atomic mass is 35.5. The third-order valence-corrected chi connectivity index (χ3v) is 5.06. The van der Waals surface area contributed by atoms with Gasteiger partial charge in [-0.2, -0.15) is 13.2 Å². The summed E-state index contributed by atoms with van der Waals surface area (Å²) >= 11 is 5.76. The average Bonchev–Trinajstić information content (AvgIpc) is 2.99. The molecule has 0 aliphatic heterocycles. The first-order valence-electron chi connectivity index (χ1n) is 7.11. The lowest BCUT2D eigenvalue weighted by Crippen LogP contribution is -2.16. The molecule has 2 fully saturated rings. The smallest absolute Gasteiger partial charge is 0.294 e. The molecule has 0 saturated heterocycles. The molecule has 0 amide bonds. The largest absolute Gasteiger partial charge is 0.433 e. The van der Waals surface area contributed by atoms with Crippen molar-refractivity contribution in [2.45, 2.75) is 38.3 Å². The van der Waals surface area contributed by atoms with Gasteiger partial charge in [-0.25, -0.2) is 4.98 Å². The van der Waals surface area contributed by atoms with Crippen LogP contribution in [0.25, 0.3) is 0 Å². The molecule has 2 saturated carbocycles. The quantitative estimate of drug-likeness (QED) is 0.594. The molecular weight excluding hydrogens is 303 g/mol. The van der Waals surface area contributed by atoms with Crippen LogP contribution in [0, 0.1) is 17.8 Å². The first-order chi connectivity index (χ1) is 9.84. The summed E-state index contributed by atoms with van der Waals surface area (Å²) in [5, 5.41) is -0.349. The molecule has 6 heteroatoms. The number of ketones is 1. The third-order valence-electron chi connectivity index (χ3n) is 4.77. The van der Waals surface area contributed by atoms with E-state index in [-0.39, 0.29) is 16.5 Å². The number of nitrogens with zero attached hydrogens (tertiary/aromatic N) is 1. The van der Waals surface area contributed by atoms with E-state index >= 15 is 0 Å². The number of Topliss-reactive ketones (excluding diaryl/α,β-unsaturated/α-hetero) is 1. The molecule has 0 spiro atoms. The Morgan fingerprint density at radius 3 is 2.57 bits per heavy atom. The summed E-state index contributed by atoms with van der Waals surface area (Å²) in [4.78, 5) is 15.6. The van der Waals surface area contributed by atoms with Gasteiger partial charge in [-0.15, -0.1) is 0 Å². The summed E-state index contributed by atoms with van der Waals surface area (Å²) in [5.74, 6) is 1.49. The van der Waals surface area contributed by atoms with Crippen molar-refractivity contribution in [3.8, 4) is 0 Å². The van der Waals surface area contributed by atoms with Crippen molar-refractivity contribution >= 4 is 17.4 Å². The van der Waals surface area contributed by atoms with Crippen LogP contribution in [-0.4, -0.2) is 10.8 Å². The molecule has 2 aliphatic rings. The van der Waals surface area contributed by atoms with E-state index in [0.29, 0.717) is 18.3 Å². The summed E-state index contributed by atoms with van der Waals surface area (Å²) in [5.41, 5.74) is -0.962. The number of pyridine rings is 1. The second-order valence-electron chi connectivity index (χ2n) is 6.09.